The lowest BCUT2D eigenvalue weighted by atomic mass is 10.1. The summed E-state index contributed by atoms with van der Waals surface area (Å²) in [6.07, 6.45) is 3.71. The zero-order valence-electron chi connectivity index (χ0n) is 13.5. The van der Waals surface area contributed by atoms with Crippen LogP contribution in [0, 0.1) is 0 Å². The lowest BCUT2D eigenvalue weighted by molar-refractivity contribution is -0.121. The fourth-order valence-electron chi connectivity index (χ4n) is 2.65. The van der Waals surface area contributed by atoms with Crippen molar-refractivity contribution >= 4 is 35.1 Å². The van der Waals surface area contributed by atoms with Gasteiger partial charge in [-0.15, -0.1) is 11.3 Å². The van der Waals surface area contributed by atoms with Crippen LogP contribution in [-0.4, -0.2) is 29.2 Å². The summed E-state index contributed by atoms with van der Waals surface area (Å²) in [7, 11) is 0. The summed E-state index contributed by atoms with van der Waals surface area (Å²) >= 11 is 1.64. The van der Waals surface area contributed by atoms with E-state index in [2.05, 4.69) is 10.1 Å². The van der Waals surface area contributed by atoms with Gasteiger partial charge in [-0.3, -0.25) is 4.79 Å². The second-order valence-electron chi connectivity index (χ2n) is 5.41. The minimum atomic E-state index is -0.0557. The lowest BCUT2D eigenvalue weighted by Crippen LogP contribution is -2.38. The van der Waals surface area contributed by atoms with Crippen LogP contribution in [0.15, 0.2) is 40.2 Å². The van der Waals surface area contributed by atoms with Gasteiger partial charge in [0.25, 0.3) is 11.8 Å². The number of fused-ring (bicyclic) bond motifs is 1. The van der Waals surface area contributed by atoms with Crippen LogP contribution >= 0.6 is 11.3 Å². The van der Waals surface area contributed by atoms with Crippen molar-refractivity contribution < 1.29 is 14.1 Å². The average Bonchev–Trinajstić information content (AvgIpc) is 3.31. The fourth-order valence-corrected chi connectivity index (χ4v) is 3.27. The third-order valence-corrected chi connectivity index (χ3v) is 4.69. The highest BCUT2D eigenvalue weighted by molar-refractivity contribution is 7.10. The molecule has 126 valence electrons. The predicted molar refractivity (Wildman–Crippen MR) is 96.5 cm³/mol. The number of benzene rings is 1. The van der Waals surface area contributed by atoms with Crippen molar-refractivity contribution in [1.82, 2.24) is 10.1 Å². The molecular formula is C18H15N3O3S. The maximum absolute atomic E-state index is 12.0. The van der Waals surface area contributed by atoms with Crippen LogP contribution in [0.2, 0.25) is 0 Å². The summed E-state index contributed by atoms with van der Waals surface area (Å²) < 4.78 is 10.8. The highest BCUT2D eigenvalue weighted by atomic mass is 32.1. The van der Waals surface area contributed by atoms with Crippen LogP contribution in [0.3, 0.4) is 0 Å². The van der Waals surface area contributed by atoms with Gasteiger partial charge in [0.2, 0.25) is 5.82 Å². The van der Waals surface area contributed by atoms with E-state index in [1.165, 1.54) is 0 Å². The van der Waals surface area contributed by atoms with E-state index in [1.54, 1.807) is 22.3 Å². The van der Waals surface area contributed by atoms with E-state index in [9.17, 15) is 4.79 Å². The number of thiophene rings is 1. The number of hydrogen-bond donors (Lipinski definition) is 0. The first-order valence-electron chi connectivity index (χ1n) is 7.87. The third kappa shape index (κ3) is 3.06. The van der Waals surface area contributed by atoms with E-state index in [0.29, 0.717) is 24.0 Å². The fraction of sp³-hybridized carbons (Fsp3) is 0.167. The molecule has 4 rings (SSSR count). The molecule has 1 aromatic carbocycles. The first kappa shape index (κ1) is 15.6. The zero-order valence-corrected chi connectivity index (χ0v) is 14.3. The normalized spacial score (nSPS) is 14.0. The molecule has 3 heterocycles. The van der Waals surface area contributed by atoms with Crippen molar-refractivity contribution in [2.45, 2.75) is 6.92 Å². The van der Waals surface area contributed by atoms with Crippen LogP contribution in [-0.2, 0) is 4.79 Å². The van der Waals surface area contributed by atoms with Gasteiger partial charge in [0.1, 0.15) is 5.75 Å². The Bertz CT molecular complexity index is 931. The first-order valence-corrected chi connectivity index (χ1v) is 8.75. The Kier molecular flexibility index (Phi) is 4.07. The zero-order chi connectivity index (χ0) is 17.2. The molecule has 3 aromatic rings. The molecule has 6 nitrogen and oxygen atoms in total. The maximum atomic E-state index is 12.0. The second-order valence-corrected chi connectivity index (χ2v) is 6.39. The van der Waals surface area contributed by atoms with E-state index in [-0.39, 0.29) is 12.5 Å². The molecule has 0 radical (unpaired) electrons. The molecule has 0 unspecified atom stereocenters. The molecule has 0 saturated heterocycles. The van der Waals surface area contributed by atoms with Gasteiger partial charge in [-0.25, -0.2) is 0 Å². The number of ether oxygens (including phenoxy) is 1. The number of carbonyl (C=O) groups excluding carboxylic acids is 1. The molecule has 0 N–H and O–H groups in total. The summed E-state index contributed by atoms with van der Waals surface area (Å²) in [5.41, 5.74) is 1.51. The van der Waals surface area contributed by atoms with Crippen molar-refractivity contribution in [3.8, 4) is 17.1 Å². The quantitative estimate of drug-likeness (QED) is 0.715. The Morgan fingerprint density at radius 1 is 1.32 bits per heavy atom. The van der Waals surface area contributed by atoms with E-state index in [0.717, 1.165) is 16.1 Å². The Labute approximate surface area is 148 Å². The Balaban J connectivity index is 1.63. The number of anilines is 1. The van der Waals surface area contributed by atoms with Crippen LogP contribution < -0.4 is 9.64 Å². The van der Waals surface area contributed by atoms with Crippen molar-refractivity contribution in [3.05, 3.63) is 46.5 Å². The van der Waals surface area contributed by atoms with E-state index >= 15 is 0 Å². The maximum Gasteiger partial charge on any atom is 0.265 e. The summed E-state index contributed by atoms with van der Waals surface area (Å²) in [6, 6.07) is 9.54. The van der Waals surface area contributed by atoms with Crippen molar-refractivity contribution in [3.63, 3.8) is 0 Å². The minimum absolute atomic E-state index is 0.0557. The van der Waals surface area contributed by atoms with Crippen LogP contribution in [0.1, 0.15) is 17.7 Å². The third-order valence-electron chi connectivity index (χ3n) is 3.85. The van der Waals surface area contributed by atoms with E-state index in [1.807, 2.05) is 48.7 Å². The van der Waals surface area contributed by atoms with Gasteiger partial charge < -0.3 is 14.2 Å². The number of likely N-dealkylation sites (N-methyl/N-ethyl adjacent to an activating group) is 1. The topological polar surface area (TPSA) is 68.5 Å². The van der Waals surface area contributed by atoms with Gasteiger partial charge in [-0.1, -0.05) is 11.2 Å². The smallest absolute Gasteiger partial charge is 0.265 e. The average molecular weight is 353 g/mol. The molecule has 0 spiro atoms. The number of hydrogen-bond acceptors (Lipinski definition) is 6. The predicted octanol–water partition coefficient (Wildman–Crippen LogP) is 3.71. The first-order chi connectivity index (χ1) is 12.2. The van der Waals surface area contributed by atoms with E-state index in [4.69, 9.17) is 9.26 Å². The Morgan fingerprint density at radius 2 is 2.24 bits per heavy atom. The number of aromatic nitrogens is 2. The molecule has 25 heavy (non-hydrogen) atoms. The van der Waals surface area contributed by atoms with Crippen molar-refractivity contribution in [2.75, 3.05) is 18.1 Å². The molecule has 0 atom stereocenters. The van der Waals surface area contributed by atoms with Gasteiger partial charge in [0.05, 0.1) is 5.69 Å². The monoisotopic (exact) mass is 353 g/mol. The Hall–Kier alpha value is -2.93. The number of rotatable bonds is 4. The molecule has 1 amide bonds. The molecule has 0 bridgehead atoms. The SMILES string of the molecule is CCN1C(=O)COc2ccc(-c3noc(/C=C/c4cccs4)n3)cc21. The molecule has 1 aliphatic heterocycles. The molecule has 0 aliphatic carbocycles. The number of amides is 1. The van der Waals surface area contributed by atoms with E-state index < -0.39 is 0 Å². The van der Waals surface area contributed by atoms with Crippen LogP contribution in [0.5, 0.6) is 5.75 Å². The standard InChI is InChI=1S/C18H15N3O3S/c1-2-21-14-10-12(5-7-15(14)23-11-17(21)22)18-19-16(24-20-18)8-6-13-4-3-9-25-13/h3-10H,2,11H2,1H3/b8-6+. The molecule has 7 heteroatoms. The molecule has 0 fully saturated rings. The summed E-state index contributed by atoms with van der Waals surface area (Å²) in [5.74, 6) is 1.54. The lowest BCUT2D eigenvalue weighted by Gasteiger charge is -2.28. The van der Waals surface area contributed by atoms with Crippen LogP contribution in [0.4, 0.5) is 5.69 Å². The summed E-state index contributed by atoms with van der Waals surface area (Å²) in [6.45, 7) is 2.58. The van der Waals surface area contributed by atoms with Gasteiger partial charge in [0, 0.05) is 23.1 Å². The van der Waals surface area contributed by atoms with Crippen molar-refractivity contribution in [2.24, 2.45) is 0 Å². The van der Waals surface area contributed by atoms with Gasteiger partial charge >= 0.3 is 0 Å². The minimum Gasteiger partial charge on any atom is -0.482 e. The van der Waals surface area contributed by atoms with Gasteiger partial charge in [0.15, 0.2) is 6.61 Å². The largest absolute Gasteiger partial charge is 0.482 e. The molecule has 0 saturated carbocycles. The molecule has 2 aromatic heterocycles. The van der Waals surface area contributed by atoms with Gasteiger partial charge in [-0.05, 0) is 42.6 Å². The molecule has 1 aliphatic rings. The van der Waals surface area contributed by atoms with Crippen molar-refractivity contribution in [1.29, 1.82) is 0 Å². The highest BCUT2D eigenvalue weighted by Gasteiger charge is 2.25. The molecular weight excluding hydrogens is 338 g/mol. The van der Waals surface area contributed by atoms with Gasteiger partial charge in [-0.2, -0.15) is 4.98 Å². The summed E-state index contributed by atoms with van der Waals surface area (Å²) in [5, 5.41) is 6.04. The van der Waals surface area contributed by atoms with Crippen LogP contribution in [0.25, 0.3) is 23.5 Å². The number of carbonyl (C=O) groups is 1. The Morgan fingerprint density at radius 3 is 3.04 bits per heavy atom. The summed E-state index contributed by atoms with van der Waals surface area (Å²) in [4.78, 5) is 19.2. The second kappa shape index (κ2) is 6.52. The highest BCUT2D eigenvalue weighted by Crippen LogP contribution is 2.35. The number of nitrogens with zero attached hydrogens (tertiary/aromatic N) is 3.